The molecule has 2 amide bonds. The number of hydrogen-bond donors (Lipinski definition) is 1. The third-order valence-corrected chi connectivity index (χ3v) is 6.62. The van der Waals surface area contributed by atoms with Crippen molar-refractivity contribution in [1.82, 2.24) is 20.1 Å². The van der Waals surface area contributed by atoms with Crippen LogP contribution in [0.5, 0.6) is 0 Å². The summed E-state index contributed by atoms with van der Waals surface area (Å²) in [5.74, 6) is 0.296. The van der Waals surface area contributed by atoms with Crippen LogP contribution in [0.25, 0.3) is 11.3 Å². The monoisotopic (exact) mass is 455 g/mol. The van der Waals surface area contributed by atoms with E-state index in [2.05, 4.69) is 32.6 Å². The van der Waals surface area contributed by atoms with Crippen molar-refractivity contribution in [3.63, 3.8) is 0 Å². The van der Waals surface area contributed by atoms with Gasteiger partial charge >= 0.3 is 0 Å². The highest BCUT2D eigenvalue weighted by atomic mass is 32.1. The molecule has 1 N–H and O–H groups in total. The van der Waals surface area contributed by atoms with Crippen LogP contribution in [0.15, 0.2) is 29.6 Å². The van der Waals surface area contributed by atoms with E-state index in [0.29, 0.717) is 13.0 Å². The largest absolute Gasteiger partial charge is 0.350 e. The molecule has 32 heavy (non-hydrogen) atoms. The van der Waals surface area contributed by atoms with E-state index in [1.165, 1.54) is 0 Å². The van der Waals surface area contributed by atoms with Crippen molar-refractivity contribution >= 4 is 28.8 Å². The summed E-state index contributed by atoms with van der Waals surface area (Å²) in [6.07, 6.45) is 1.57. The Bertz CT molecular complexity index is 959. The Balaban J connectivity index is 1.30. The average molecular weight is 456 g/mol. The van der Waals surface area contributed by atoms with E-state index in [-0.39, 0.29) is 17.4 Å². The third kappa shape index (κ3) is 5.94. The first-order valence-electron chi connectivity index (χ1n) is 11.4. The molecular weight excluding hydrogens is 422 g/mol. The molecular formula is C24H33N5O2S. The highest BCUT2D eigenvalue weighted by Gasteiger charge is 2.23. The number of benzene rings is 1. The lowest BCUT2D eigenvalue weighted by Gasteiger charge is -2.34. The maximum absolute atomic E-state index is 12.2. The van der Waals surface area contributed by atoms with Crippen LogP contribution in [0.3, 0.4) is 0 Å². The first-order chi connectivity index (χ1) is 15.3. The Hall–Kier alpha value is -2.29. The molecule has 4 rings (SSSR count). The summed E-state index contributed by atoms with van der Waals surface area (Å²) in [5.41, 5.74) is 2.80. The minimum absolute atomic E-state index is 0.0911. The second kappa shape index (κ2) is 9.68. The number of nitrogens with zero attached hydrogens (tertiary/aromatic N) is 4. The Morgan fingerprint density at radius 2 is 1.88 bits per heavy atom. The molecule has 0 atom stereocenters. The van der Waals surface area contributed by atoms with Gasteiger partial charge in [-0.15, -0.1) is 11.3 Å². The van der Waals surface area contributed by atoms with Gasteiger partial charge in [0.05, 0.1) is 18.8 Å². The van der Waals surface area contributed by atoms with Crippen LogP contribution in [-0.2, 0) is 16.1 Å². The molecule has 0 bridgehead atoms. The number of amides is 2. The lowest BCUT2D eigenvalue weighted by molar-refractivity contribution is -0.124. The molecule has 1 aromatic carbocycles. The quantitative estimate of drug-likeness (QED) is 0.725. The number of piperazine rings is 1. The molecule has 7 nitrogen and oxygen atoms in total. The van der Waals surface area contributed by atoms with E-state index < -0.39 is 0 Å². The van der Waals surface area contributed by atoms with E-state index in [1.54, 1.807) is 11.3 Å². The van der Waals surface area contributed by atoms with Gasteiger partial charge in [-0.2, -0.15) is 0 Å². The van der Waals surface area contributed by atoms with Crippen molar-refractivity contribution in [3.05, 3.63) is 34.7 Å². The van der Waals surface area contributed by atoms with E-state index in [4.69, 9.17) is 4.98 Å². The van der Waals surface area contributed by atoms with Crippen molar-refractivity contribution in [2.75, 3.05) is 44.2 Å². The summed E-state index contributed by atoms with van der Waals surface area (Å²) in [5, 5.41) is 6.24. The smallest absolute Gasteiger partial charge is 0.234 e. The standard InChI is InChI=1S/C24H33N5O2S/c1-24(2,3)26-21(30)15-27-10-12-28(13-11-27)16-22-25-20(17-32-22)18-6-4-7-19(14-18)29-9-5-8-23(29)31/h4,6-7,14,17H,5,8-13,15-16H2,1-3H3,(H,26,30). The molecule has 2 fully saturated rings. The average Bonchev–Trinajstić information content (AvgIpc) is 3.37. The molecule has 8 heteroatoms. The van der Waals surface area contributed by atoms with Crippen molar-refractivity contribution < 1.29 is 9.59 Å². The van der Waals surface area contributed by atoms with Gasteiger partial charge in [0, 0.05) is 61.3 Å². The van der Waals surface area contributed by atoms with Crippen LogP contribution < -0.4 is 10.2 Å². The number of anilines is 1. The number of aromatic nitrogens is 1. The van der Waals surface area contributed by atoms with E-state index in [1.807, 2.05) is 37.8 Å². The zero-order valence-corrected chi connectivity index (χ0v) is 20.1. The van der Waals surface area contributed by atoms with Gasteiger partial charge in [0.25, 0.3) is 0 Å². The highest BCUT2D eigenvalue weighted by Crippen LogP contribution is 2.28. The zero-order valence-electron chi connectivity index (χ0n) is 19.3. The van der Waals surface area contributed by atoms with Crippen molar-refractivity contribution in [2.24, 2.45) is 0 Å². The van der Waals surface area contributed by atoms with E-state index in [0.717, 1.165) is 67.6 Å². The maximum Gasteiger partial charge on any atom is 0.234 e. The summed E-state index contributed by atoms with van der Waals surface area (Å²) >= 11 is 1.68. The second-order valence-corrected chi connectivity index (χ2v) is 10.6. The fraction of sp³-hybridized carbons (Fsp3) is 0.542. The van der Waals surface area contributed by atoms with E-state index >= 15 is 0 Å². The van der Waals surface area contributed by atoms with Crippen molar-refractivity contribution in [3.8, 4) is 11.3 Å². The van der Waals surface area contributed by atoms with Crippen LogP contribution in [-0.4, -0.2) is 71.4 Å². The normalized spacial score (nSPS) is 18.3. The van der Waals surface area contributed by atoms with Crippen LogP contribution in [0.4, 0.5) is 5.69 Å². The molecule has 0 spiro atoms. The van der Waals surface area contributed by atoms with Gasteiger partial charge in [-0.05, 0) is 39.3 Å². The van der Waals surface area contributed by atoms with Gasteiger partial charge in [0.1, 0.15) is 5.01 Å². The lowest BCUT2D eigenvalue weighted by atomic mass is 10.1. The molecule has 2 aliphatic heterocycles. The summed E-state index contributed by atoms with van der Waals surface area (Å²) in [4.78, 5) is 35.6. The first-order valence-corrected chi connectivity index (χ1v) is 12.3. The molecule has 2 aliphatic rings. The summed E-state index contributed by atoms with van der Waals surface area (Å²) < 4.78 is 0. The van der Waals surface area contributed by atoms with Gasteiger partial charge in [0.15, 0.2) is 0 Å². The van der Waals surface area contributed by atoms with Crippen LogP contribution in [0.1, 0.15) is 38.6 Å². The zero-order chi connectivity index (χ0) is 22.7. The molecule has 3 heterocycles. The number of carbonyl (C=O) groups excluding carboxylic acids is 2. The molecule has 2 aromatic rings. The maximum atomic E-state index is 12.2. The van der Waals surface area contributed by atoms with Crippen LogP contribution >= 0.6 is 11.3 Å². The topological polar surface area (TPSA) is 68.8 Å². The van der Waals surface area contributed by atoms with Gasteiger partial charge in [-0.3, -0.25) is 19.4 Å². The predicted octanol–water partition coefficient (Wildman–Crippen LogP) is 2.97. The minimum Gasteiger partial charge on any atom is -0.350 e. The Labute approximate surface area is 194 Å². The van der Waals surface area contributed by atoms with Gasteiger partial charge < -0.3 is 10.2 Å². The Morgan fingerprint density at radius 1 is 1.12 bits per heavy atom. The molecule has 0 aliphatic carbocycles. The summed E-state index contributed by atoms with van der Waals surface area (Å²) in [7, 11) is 0. The van der Waals surface area contributed by atoms with Crippen molar-refractivity contribution in [1.29, 1.82) is 0 Å². The van der Waals surface area contributed by atoms with Gasteiger partial charge in [-0.1, -0.05) is 12.1 Å². The molecule has 0 radical (unpaired) electrons. The molecule has 0 saturated carbocycles. The molecule has 0 unspecified atom stereocenters. The number of rotatable bonds is 6. The second-order valence-electron chi connectivity index (χ2n) is 9.68. The molecule has 2 saturated heterocycles. The Kier molecular flexibility index (Phi) is 6.93. The van der Waals surface area contributed by atoms with Gasteiger partial charge in [-0.25, -0.2) is 4.98 Å². The highest BCUT2D eigenvalue weighted by molar-refractivity contribution is 7.09. The first kappa shape index (κ1) is 22.9. The Morgan fingerprint density at radius 3 is 2.56 bits per heavy atom. The fourth-order valence-corrected chi connectivity index (χ4v) is 5.07. The minimum atomic E-state index is -0.190. The number of nitrogens with one attached hydrogen (secondary N) is 1. The molecule has 172 valence electrons. The summed E-state index contributed by atoms with van der Waals surface area (Å²) in [6.45, 7) is 11.8. The number of carbonyl (C=O) groups is 2. The number of hydrogen-bond acceptors (Lipinski definition) is 6. The molecule has 1 aromatic heterocycles. The van der Waals surface area contributed by atoms with Gasteiger partial charge in [0.2, 0.25) is 11.8 Å². The van der Waals surface area contributed by atoms with Crippen molar-refractivity contribution in [2.45, 2.75) is 45.7 Å². The fourth-order valence-electron chi connectivity index (χ4n) is 4.23. The van der Waals surface area contributed by atoms with Crippen LogP contribution in [0.2, 0.25) is 0 Å². The predicted molar refractivity (Wildman–Crippen MR) is 129 cm³/mol. The van der Waals surface area contributed by atoms with E-state index in [9.17, 15) is 9.59 Å². The lowest BCUT2D eigenvalue weighted by Crippen LogP contribution is -2.51. The SMILES string of the molecule is CC(C)(C)NC(=O)CN1CCN(Cc2nc(-c3cccc(N4CCCC4=O)c3)cs2)CC1. The van der Waals surface area contributed by atoms with Crippen LogP contribution in [0, 0.1) is 0 Å². The number of thiazole rings is 1. The summed E-state index contributed by atoms with van der Waals surface area (Å²) in [6, 6.07) is 8.14. The third-order valence-electron chi connectivity index (χ3n) is 5.78.